The molecule has 0 bridgehead atoms. The summed E-state index contributed by atoms with van der Waals surface area (Å²) >= 11 is 0. The Morgan fingerprint density at radius 2 is 1.76 bits per heavy atom. The molecule has 0 spiro atoms. The van der Waals surface area contributed by atoms with Gasteiger partial charge in [0.15, 0.2) is 0 Å². The Morgan fingerprint density at radius 1 is 1.16 bits per heavy atom. The maximum atomic E-state index is 12.3. The van der Waals surface area contributed by atoms with Gasteiger partial charge in [0.1, 0.15) is 5.60 Å². The van der Waals surface area contributed by atoms with Crippen LogP contribution in [0.2, 0.25) is 0 Å². The monoisotopic (exact) mass is 346 g/mol. The third kappa shape index (κ3) is 6.03. The van der Waals surface area contributed by atoms with Crippen LogP contribution in [0.5, 0.6) is 0 Å². The van der Waals surface area contributed by atoms with Gasteiger partial charge in [-0.25, -0.2) is 4.79 Å². The van der Waals surface area contributed by atoms with Crippen LogP contribution in [0.15, 0.2) is 24.3 Å². The van der Waals surface area contributed by atoms with Gasteiger partial charge in [0.05, 0.1) is 0 Å². The summed E-state index contributed by atoms with van der Waals surface area (Å²) in [6.07, 6.45) is 1.90. The lowest BCUT2D eigenvalue weighted by Gasteiger charge is -2.35. The lowest BCUT2D eigenvalue weighted by molar-refractivity contribution is 0.0184. The Morgan fingerprint density at radius 3 is 2.32 bits per heavy atom. The van der Waals surface area contributed by atoms with E-state index in [9.17, 15) is 4.79 Å². The smallest absolute Gasteiger partial charge is 0.410 e. The molecule has 0 aliphatic carbocycles. The molecule has 1 fully saturated rings. The van der Waals surface area contributed by atoms with Gasteiger partial charge in [-0.05, 0) is 57.6 Å². The molecule has 2 atom stereocenters. The molecule has 1 aromatic carbocycles. The minimum atomic E-state index is -0.442. The number of rotatable bonds is 4. The summed E-state index contributed by atoms with van der Waals surface area (Å²) in [7, 11) is 0. The summed E-state index contributed by atoms with van der Waals surface area (Å²) in [6.45, 7) is 13.8. The molecule has 0 aromatic heterocycles. The predicted molar refractivity (Wildman–Crippen MR) is 103 cm³/mol. The van der Waals surface area contributed by atoms with Crippen LogP contribution in [-0.4, -0.2) is 35.7 Å². The first-order valence-electron chi connectivity index (χ1n) is 9.49. The van der Waals surface area contributed by atoms with Crippen molar-refractivity contribution in [2.24, 2.45) is 0 Å². The van der Waals surface area contributed by atoms with Crippen molar-refractivity contribution in [2.45, 2.75) is 78.0 Å². The lowest BCUT2D eigenvalue weighted by atomic mass is 9.98. The second-order valence-corrected chi connectivity index (χ2v) is 8.48. The molecule has 1 N–H and O–H groups in total. The maximum absolute atomic E-state index is 12.3. The number of hydrogen-bond donors (Lipinski definition) is 1. The Bertz CT molecular complexity index is 560. The number of carbonyl (C=O) groups excluding carboxylic acids is 1. The minimum Gasteiger partial charge on any atom is -0.444 e. The van der Waals surface area contributed by atoms with Crippen LogP contribution in [0.1, 0.15) is 77.5 Å². The first kappa shape index (κ1) is 19.8. The number of carbonyl (C=O) groups is 1. The van der Waals surface area contributed by atoms with Crippen LogP contribution in [-0.2, 0) is 4.74 Å². The first-order chi connectivity index (χ1) is 11.7. The van der Waals surface area contributed by atoms with Gasteiger partial charge in [0, 0.05) is 25.2 Å². The molecule has 1 aromatic rings. The average Bonchev–Trinajstić information content (AvgIpc) is 2.53. The molecule has 0 saturated carbocycles. The van der Waals surface area contributed by atoms with Crippen LogP contribution >= 0.6 is 0 Å². The summed E-state index contributed by atoms with van der Waals surface area (Å²) in [5.41, 5.74) is 2.21. The van der Waals surface area contributed by atoms with Crippen molar-refractivity contribution in [1.82, 2.24) is 10.2 Å². The molecule has 25 heavy (non-hydrogen) atoms. The zero-order valence-electron chi connectivity index (χ0n) is 16.6. The fourth-order valence-corrected chi connectivity index (χ4v) is 3.22. The van der Waals surface area contributed by atoms with E-state index in [4.69, 9.17) is 4.74 Å². The number of nitrogens with zero attached hydrogens (tertiary/aromatic N) is 1. The number of benzene rings is 1. The van der Waals surface area contributed by atoms with Crippen molar-refractivity contribution in [1.29, 1.82) is 0 Å². The molecule has 4 heteroatoms. The number of likely N-dealkylation sites (tertiary alicyclic amines) is 1. The normalized spacial score (nSPS) is 19.8. The Hall–Kier alpha value is -1.55. The molecular formula is C21H34N2O2. The summed E-state index contributed by atoms with van der Waals surface area (Å²) in [4.78, 5) is 14.1. The summed E-state index contributed by atoms with van der Waals surface area (Å²) < 4.78 is 5.51. The highest BCUT2D eigenvalue weighted by atomic mass is 16.6. The number of amides is 1. The van der Waals surface area contributed by atoms with Crippen molar-refractivity contribution < 1.29 is 9.53 Å². The van der Waals surface area contributed by atoms with Crippen LogP contribution in [0.25, 0.3) is 0 Å². The van der Waals surface area contributed by atoms with Gasteiger partial charge in [-0.15, -0.1) is 0 Å². The van der Waals surface area contributed by atoms with Gasteiger partial charge in [-0.3, -0.25) is 0 Å². The van der Waals surface area contributed by atoms with E-state index in [0.29, 0.717) is 18.5 Å². The average molecular weight is 347 g/mol. The summed E-state index contributed by atoms with van der Waals surface area (Å²) in [5.74, 6) is 0.554. The zero-order chi connectivity index (χ0) is 18.6. The van der Waals surface area contributed by atoms with Crippen molar-refractivity contribution >= 4 is 6.09 Å². The minimum absolute atomic E-state index is 0.201. The molecule has 2 rings (SSSR count). The fraction of sp³-hybridized carbons (Fsp3) is 0.667. The van der Waals surface area contributed by atoms with Gasteiger partial charge < -0.3 is 15.0 Å². The zero-order valence-corrected chi connectivity index (χ0v) is 16.6. The molecule has 2 unspecified atom stereocenters. The van der Waals surface area contributed by atoms with Crippen LogP contribution in [0.4, 0.5) is 4.79 Å². The number of piperidine rings is 1. The molecule has 1 aliphatic rings. The second kappa shape index (κ2) is 8.22. The van der Waals surface area contributed by atoms with E-state index in [1.54, 1.807) is 0 Å². The van der Waals surface area contributed by atoms with Gasteiger partial charge in [0.25, 0.3) is 0 Å². The third-order valence-electron chi connectivity index (χ3n) is 4.66. The number of nitrogens with one attached hydrogen (secondary N) is 1. The van der Waals surface area contributed by atoms with E-state index in [-0.39, 0.29) is 12.1 Å². The molecule has 1 amide bonds. The largest absolute Gasteiger partial charge is 0.444 e. The first-order valence-corrected chi connectivity index (χ1v) is 9.49. The van der Waals surface area contributed by atoms with Crippen molar-refractivity contribution in [3.63, 3.8) is 0 Å². The van der Waals surface area contributed by atoms with Crippen molar-refractivity contribution in [3.8, 4) is 0 Å². The standard InChI is InChI=1S/C21H34N2O2/c1-15(2)17-9-11-18(12-10-17)16(3)22-19-8-7-13-23(14-19)20(24)25-21(4,5)6/h9-12,15-16,19,22H,7-8,13-14H2,1-6H3. The Balaban J connectivity index is 1.92. The highest BCUT2D eigenvalue weighted by Gasteiger charge is 2.28. The van der Waals surface area contributed by atoms with E-state index in [2.05, 4.69) is 50.4 Å². The van der Waals surface area contributed by atoms with E-state index in [1.807, 2.05) is 25.7 Å². The van der Waals surface area contributed by atoms with Crippen molar-refractivity contribution in [2.75, 3.05) is 13.1 Å². The van der Waals surface area contributed by atoms with Gasteiger partial charge in [0.2, 0.25) is 0 Å². The van der Waals surface area contributed by atoms with Crippen LogP contribution in [0.3, 0.4) is 0 Å². The Labute approximate surface area is 152 Å². The second-order valence-electron chi connectivity index (χ2n) is 8.48. The number of ether oxygens (including phenoxy) is 1. The quantitative estimate of drug-likeness (QED) is 0.846. The van der Waals surface area contributed by atoms with E-state index in [0.717, 1.165) is 19.4 Å². The maximum Gasteiger partial charge on any atom is 0.410 e. The van der Waals surface area contributed by atoms with E-state index < -0.39 is 5.60 Å². The predicted octanol–water partition coefficient (Wildman–Crippen LogP) is 4.86. The highest BCUT2D eigenvalue weighted by Crippen LogP contribution is 2.21. The van der Waals surface area contributed by atoms with Gasteiger partial charge in [-0.2, -0.15) is 0 Å². The summed E-state index contributed by atoms with van der Waals surface area (Å²) in [5, 5.41) is 3.68. The van der Waals surface area contributed by atoms with Crippen molar-refractivity contribution in [3.05, 3.63) is 35.4 Å². The molecule has 1 heterocycles. The Kier molecular flexibility index (Phi) is 6.50. The third-order valence-corrected chi connectivity index (χ3v) is 4.66. The van der Waals surface area contributed by atoms with Gasteiger partial charge >= 0.3 is 6.09 Å². The van der Waals surface area contributed by atoms with E-state index in [1.165, 1.54) is 11.1 Å². The lowest BCUT2D eigenvalue weighted by Crippen LogP contribution is -2.49. The number of hydrogen-bond acceptors (Lipinski definition) is 3. The molecule has 4 nitrogen and oxygen atoms in total. The van der Waals surface area contributed by atoms with E-state index >= 15 is 0 Å². The highest BCUT2D eigenvalue weighted by molar-refractivity contribution is 5.68. The topological polar surface area (TPSA) is 41.6 Å². The molecule has 140 valence electrons. The molecule has 0 radical (unpaired) electrons. The van der Waals surface area contributed by atoms with Crippen LogP contribution in [0, 0.1) is 0 Å². The van der Waals surface area contributed by atoms with Gasteiger partial charge in [-0.1, -0.05) is 38.1 Å². The van der Waals surface area contributed by atoms with Crippen LogP contribution < -0.4 is 5.32 Å². The molecular weight excluding hydrogens is 312 g/mol. The fourth-order valence-electron chi connectivity index (χ4n) is 3.22. The summed E-state index contributed by atoms with van der Waals surface area (Å²) in [6, 6.07) is 9.42. The SMILES string of the molecule is CC(C)c1ccc(C(C)NC2CCCN(C(=O)OC(C)(C)C)C2)cc1. The molecule has 1 aliphatic heterocycles. The molecule has 1 saturated heterocycles.